The zero-order valence-electron chi connectivity index (χ0n) is 17.4. The smallest absolute Gasteiger partial charge is 0.332 e. The molecule has 0 atom stereocenters. The Morgan fingerprint density at radius 2 is 1.88 bits per heavy atom. The lowest BCUT2D eigenvalue weighted by Gasteiger charge is -2.16. The van der Waals surface area contributed by atoms with Crippen molar-refractivity contribution in [3.05, 3.63) is 78.9 Å². The topological polar surface area (TPSA) is 74.3 Å². The number of methoxy groups -OCH3 is 1. The molecule has 32 heavy (non-hydrogen) atoms. The molecule has 0 bridgehead atoms. The van der Waals surface area contributed by atoms with E-state index in [1.807, 2.05) is 33.7 Å². The molecule has 164 valence electrons. The Morgan fingerprint density at radius 1 is 1.06 bits per heavy atom. The van der Waals surface area contributed by atoms with Crippen molar-refractivity contribution in [1.29, 1.82) is 0 Å². The Hall–Kier alpha value is -3.23. The lowest BCUT2D eigenvalue weighted by atomic mass is 10.2. The molecular formula is C22H19Cl2N5O3. The van der Waals surface area contributed by atoms with Gasteiger partial charge in [-0.1, -0.05) is 35.3 Å². The number of anilines is 2. The Kier molecular flexibility index (Phi) is 4.98. The number of nitrogens with zero attached hydrogens (tertiary/aromatic N) is 5. The summed E-state index contributed by atoms with van der Waals surface area (Å²) < 4.78 is 9.80. The summed E-state index contributed by atoms with van der Waals surface area (Å²) in [6, 6.07) is 12.7. The first-order chi connectivity index (χ1) is 15.4. The molecule has 5 rings (SSSR count). The number of rotatable bonds is 4. The van der Waals surface area contributed by atoms with Crippen LogP contribution in [0, 0.1) is 0 Å². The molecule has 0 unspecified atom stereocenters. The molecule has 1 aliphatic heterocycles. The molecule has 2 aromatic heterocycles. The van der Waals surface area contributed by atoms with Crippen LogP contribution in [0.1, 0.15) is 5.56 Å². The second-order valence-electron chi connectivity index (χ2n) is 7.57. The van der Waals surface area contributed by atoms with Gasteiger partial charge in [0.25, 0.3) is 5.56 Å². The molecule has 0 spiro atoms. The summed E-state index contributed by atoms with van der Waals surface area (Å²) in [4.78, 5) is 33.1. The molecule has 0 N–H and O–H groups in total. The molecule has 10 heteroatoms. The van der Waals surface area contributed by atoms with E-state index >= 15 is 0 Å². The van der Waals surface area contributed by atoms with Crippen LogP contribution in [-0.2, 0) is 20.1 Å². The van der Waals surface area contributed by atoms with Crippen LogP contribution in [0.5, 0.6) is 5.75 Å². The maximum Gasteiger partial charge on any atom is 0.332 e. The summed E-state index contributed by atoms with van der Waals surface area (Å²) in [6.45, 7) is 1.31. The summed E-state index contributed by atoms with van der Waals surface area (Å²) in [5.74, 6) is 1.35. The molecule has 0 aliphatic carbocycles. The first-order valence-electron chi connectivity index (χ1n) is 9.94. The molecule has 4 aromatic rings. The average Bonchev–Trinajstić information content (AvgIpc) is 3.37. The first kappa shape index (κ1) is 20.7. The summed E-state index contributed by atoms with van der Waals surface area (Å²) in [6.07, 6.45) is 0. The van der Waals surface area contributed by atoms with Gasteiger partial charge in [0.15, 0.2) is 11.2 Å². The predicted octanol–water partition coefficient (Wildman–Crippen LogP) is 3.41. The van der Waals surface area contributed by atoms with Gasteiger partial charge < -0.3 is 14.2 Å². The van der Waals surface area contributed by atoms with Crippen molar-refractivity contribution in [1.82, 2.24) is 18.7 Å². The second-order valence-corrected chi connectivity index (χ2v) is 8.38. The van der Waals surface area contributed by atoms with Gasteiger partial charge in [0.2, 0.25) is 5.95 Å². The van der Waals surface area contributed by atoms with Crippen LogP contribution in [0.25, 0.3) is 11.2 Å². The molecular weight excluding hydrogens is 453 g/mol. The monoisotopic (exact) mass is 471 g/mol. The third-order valence-corrected chi connectivity index (χ3v) is 6.43. The van der Waals surface area contributed by atoms with E-state index in [1.54, 1.807) is 32.4 Å². The summed E-state index contributed by atoms with van der Waals surface area (Å²) in [5.41, 5.74) is 1.52. The van der Waals surface area contributed by atoms with E-state index in [9.17, 15) is 9.59 Å². The van der Waals surface area contributed by atoms with Gasteiger partial charge in [-0.25, -0.2) is 4.79 Å². The zero-order chi connectivity index (χ0) is 22.6. The van der Waals surface area contributed by atoms with Gasteiger partial charge in [0.1, 0.15) is 5.75 Å². The predicted molar refractivity (Wildman–Crippen MR) is 125 cm³/mol. The molecule has 0 fully saturated rings. The van der Waals surface area contributed by atoms with Crippen molar-refractivity contribution < 1.29 is 4.74 Å². The minimum Gasteiger partial charge on any atom is -0.497 e. The highest BCUT2D eigenvalue weighted by Gasteiger charge is 2.29. The number of hydrogen-bond donors (Lipinski definition) is 0. The Morgan fingerprint density at radius 3 is 2.62 bits per heavy atom. The van der Waals surface area contributed by atoms with Crippen LogP contribution in [0.4, 0.5) is 11.6 Å². The van der Waals surface area contributed by atoms with Gasteiger partial charge in [-0.3, -0.25) is 13.9 Å². The molecule has 1 aliphatic rings. The van der Waals surface area contributed by atoms with Crippen molar-refractivity contribution in [3.63, 3.8) is 0 Å². The molecule has 0 radical (unpaired) electrons. The van der Waals surface area contributed by atoms with Gasteiger partial charge in [-0.15, -0.1) is 0 Å². The van der Waals surface area contributed by atoms with Crippen molar-refractivity contribution in [2.45, 2.75) is 13.1 Å². The third kappa shape index (κ3) is 3.18. The van der Waals surface area contributed by atoms with E-state index in [4.69, 9.17) is 27.9 Å². The SMILES string of the molecule is COc1cccc(N2CCn3c2nc2c3c(=O)n(Cc3ccc(Cl)c(Cl)c3)c(=O)n2C)c1. The Labute approximate surface area is 192 Å². The van der Waals surface area contributed by atoms with Crippen LogP contribution >= 0.6 is 23.2 Å². The number of aromatic nitrogens is 4. The number of halogens is 2. The van der Waals surface area contributed by atoms with E-state index in [-0.39, 0.29) is 12.1 Å². The summed E-state index contributed by atoms with van der Waals surface area (Å²) in [7, 11) is 3.23. The van der Waals surface area contributed by atoms with Crippen molar-refractivity contribution >= 4 is 46.0 Å². The second kappa shape index (κ2) is 7.72. The highest BCUT2D eigenvalue weighted by atomic mass is 35.5. The average molecular weight is 472 g/mol. The fraction of sp³-hybridized carbons (Fsp3) is 0.227. The minimum absolute atomic E-state index is 0.0818. The normalized spacial score (nSPS) is 13.1. The molecule has 0 saturated carbocycles. The maximum absolute atomic E-state index is 13.4. The van der Waals surface area contributed by atoms with Crippen LogP contribution in [0.2, 0.25) is 10.0 Å². The molecule has 0 amide bonds. The van der Waals surface area contributed by atoms with E-state index in [2.05, 4.69) is 4.98 Å². The molecule has 0 saturated heterocycles. The highest BCUT2D eigenvalue weighted by molar-refractivity contribution is 6.42. The highest BCUT2D eigenvalue weighted by Crippen LogP contribution is 2.33. The largest absolute Gasteiger partial charge is 0.497 e. The number of aryl methyl sites for hydroxylation is 1. The third-order valence-electron chi connectivity index (χ3n) is 5.69. The fourth-order valence-electron chi connectivity index (χ4n) is 4.06. The lowest BCUT2D eigenvalue weighted by molar-refractivity contribution is 0.415. The number of imidazole rings is 1. The van der Waals surface area contributed by atoms with Crippen molar-refractivity contribution in [2.75, 3.05) is 18.6 Å². The van der Waals surface area contributed by atoms with Crippen LogP contribution in [0.3, 0.4) is 0 Å². The minimum atomic E-state index is -0.446. The number of hydrogen-bond acceptors (Lipinski definition) is 5. The van der Waals surface area contributed by atoms with Crippen molar-refractivity contribution in [3.8, 4) is 5.75 Å². The maximum atomic E-state index is 13.4. The van der Waals surface area contributed by atoms with Crippen LogP contribution in [0.15, 0.2) is 52.1 Å². The van der Waals surface area contributed by atoms with E-state index < -0.39 is 5.69 Å². The van der Waals surface area contributed by atoms with Gasteiger partial charge in [0, 0.05) is 31.9 Å². The Balaban J connectivity index is 1.65. The standard InChI is InChI=1S/C22H19Cl2N5O3/c1-26-19-18(20(30)29(22(26)31)12-13-6-7-16(23)17(24)10-13)28-9-8-27(21(28)25-19)14-4-3-5-15(11-14)32-2/h3-7,10-11H,8-9,12H2,1-2H3. The van der Waals surface area contributed by atoms with Gasteiger partial charge in [-0.05, 0) is 29.8 Å². The van der Waals surface area contributed by atoms with E-state index in [0.717, 1.165) is 11.4 Å². The van der Waals surface area contributed by atoms with E-state index in [0.29, 0.717) is 45.8 Å². The van der Waals surface area contributed by atoms with Crippen LogP contribution < -0.4 is 20.9 Å². The van der Waals surface area contributed by atoms with Gasteiger partial charge >= 0.3 is 5.69 Å². The summed E-state index contributed by atoms with van der Waals surface area (Å²) >= 11 is 12.1. The van der Waals surface area contributed by atoms with Crippen LogP contribution in [-0.4, -0.2) is 32.3 Å². The lowest BCUT2D eigenvalue weighted by Crippen LogP contribution is -2.40. The Bertz CT molecular complexity index is 1490. The van der Waals surface area contributed by atoms with E-state index in [1.165, 1.54) is 9.13 Å². The summed E-state index contributed by atoms with van der Waals surface area (Å²) in [5, 5.41) is 0.784. The van der Waals surface area contributed by atoms with Crippen molar-refractivity contribution in [2.24, 2.45) is 7.05 Å². The van der Waals surface area contributed by atoms with Gasteiger partial charge in [-0.2, -0.15) is 4.98 Å². The fourth-order valence-corrected chi connectivity index (χ4v) is 4.38. The first-order valence-corrected chi connectivity index (χ1v) is 10.7. The zero-order valence-corrected chi connectivity index (χ0v) is 18.9. The quantitative estimate of drug-likeness (QED) is 0.455. The molecule has 3 heterocycles. The molecule has 2 aromatic carbocycles. The van der Waals surface area contributed by atoms with Gasteiger partial charge in [0.05, 0.1) is 23.7 Å². The molecule has 8 nitrogen and oxygen atoms in total. The number of fused-ring (bicyclic) bond motifs is 3. The number of benzene rings is 2. The number of ether oxygens (including phenoxy) is 1.